The Balaban J connectivity index is 2.56. The molecule has 0 heterocycles. The molecular weight excluding hydrogens is 300 g/mol. The maximum atomic E-state index is 11.7. The lowest BCUT2D eigenvalue weighted by Gasteiger charge is -2.09. The standard InChI is InChI=1S/C13H19ClN2O3S/c1-9(2)8-20(18,19)6-5-13(17)16-12-4-3-10(15)7-11(12)14/h3-4,7,9H,5-6,8,15H2,1-2H3,(H,16,17). The molecule has 1 rings (SSSR count). The summed E-state index contributed by atoms with van der Waals surface area (Å²) in [7, 11) is -3.20. The molecule has 20 heavy (non-hydrogen) atoms. The molecule has 0 radical (unpaired) electrons. The van der Waals surface area contributed by atoms with Gasteiger partial charge in [0.15, 0.2) is 9.84 Å². The topological polar surface area (TPSA) is 89.3 Å². The highest BCUT2D eigenvalue weighted by Gasteiger charge is 2.16. The van der Waals surface area contributed by atoms with Crippen LogP contribution in [0.25, 0.3) is 0 Å². The summed E-state index contributed by atoms with van der Waals surface area (Å²) in [5.74, 6) is -0.411. The van der Waals surface area contributed by atoms with Crippen molar-refractivity contribution in [2.75, 3.05) is 22.6 Å². The molecule has 1 amide bonds. The van der Waals surface area contributed by atoms with Gasteiger partial charge in [-0.2, -0.15) is 0 Å². The SMILES string of the molecule is CC(C)CS(=O)(=O)CCC(=O)Nc1ccc(N)cc1Cl. The average molecular weight is 319 g/mol. The van der Waals surface area contributed by atoms with Crippen molar-refractivity contribution in [1.29, 1.82) is 0 Å². The highest BCUT2D eigenvalue weighted by Crippen LogP contribution is 2.24. The number of nitrogens with one attached hydrogen (secondary N) is 1. The Morgan fingerprint density at radius 2 is 2.05 bits per heavy atom. The van der Waals surface area contributed by atoms with E-state index in [4.69, 9.17) is 17.3 Å². The molecule has 0 fully saturated rings. The average Bonchev–Trinajstić information content (AvgIpc) is 2.29. The van der Waals surface area contributed by atoms with Crippen LogP contribution in [0.15, 0.2) is 18.2 Å². The summed E-state index contributed by atoms with van der Waals surface area (Å²) in [6.45, 7) is 3.65. The van der Waals surface area contributed by atoms with E-state index in [1.807, 2.05) is 13.8 Å². The molecule has 1 aromatic carbocycles. The van der Waals surface area contributed by atoms with Gasteiger partial charge in [0.05, 0.1) is 22.2 Å². The molecule has 0 saturated heterocycles. The van der Waals surface area contributed by atoms with Crippen molar-refractivity contribution < 1.29 is 13.2 Å². The molecule has 0 saturated carbocycles. The second kappa shape index (κ2) is 6.95. The van der Waals surface area contributed by atoms with Crippen LogP contribution in [0, 0.1) is 5.92 Å². The normalized spacial score (nSPS) is 11.6. The molecule has 0 aliphatic rings. The predicted octanol–water partition coefficient (Wildman–Crippen LogP) is 2.32. The molecule has 0 aromatic heterocycles. The summed E-state index contributed by atoms with van der Waals surface area (Å²) in [5.41, 5.74) is 6.46. The molecule has 7 heteroatoms. The van der Waals surface area contributed by atoms with Gasteiger partial charge in [0.2, 0.25) is 5.91 Å². The van der Waals surface area contributed by atoms with Crippen molar-refractivity contribution in [2.45, 2.75) is 20.3 Å². The highest BCUT2D eigenvalue weighted by molar-refractivity contribution is 7.91. The zero-order chi connectivity index (χ0) is 15.3. The van der Waals surface area contributed by atoms with Gasteiger partial charge in [-0.25, -0.2) is 8.42 Å². The fourth-order valence-corrected chi connectivity index (χ4v) is 3.60. The molecule has 0 aliphatic carbocycles. The van der Waals surface area contributed by atoms with Gasteiger partial charge < -0.3 is 11.1 Å². The number of benzene rings is 1. The number of anilines is 2. The number of carbonyl (C=O) groups excluding carboxylic acids is 1. The maximum absolute atomic E-state index is 11.7. The van der Waals surface area contributed by atoms with Gasteiger partial charge in [0.25, 0.3) is 0 Å². The Hall–Kier alpha value is -1.27. The van der Waals surface area contributed by atoms with Crippen molar-refractivity contribution in [3.8, 4) is 0 Å². The van der Waals surface area contributed by atoms with Gasteiger partial charge in [-0.3, -0.25) is 4.79 Å². The number of hydrogen-bond donors (Lipinski definition) is 2. The van der Waals surface area contributed by atoms with Gasteiger partial charge in [-0.1, -0.05) is 25.4 Å². The predicted molar refractivity (Wildman–Crippen MR) is 82.6 cm³/mol. The Kier molecular flexibility index (Phi) is 5.83. The zero-order valence-corrected chi connectivity index (χ0v) is 13.1. The number of sulfone groups is 1. The number of carbonyl (C=O) groups is 1. The van der Waals surface area contributed by atoms with E-state index in [9.17, 15) is 13.2 Å². The van der Waals surface area contributed by atoms with Gasteiger partial charge in [-0.05, 0) is 24.1 Å². The first-order valence-corrected chi connectivity index (χ1v) is 8.45. The lowest BCUT2D eigenvalue weighted by molar-refractivity contribution is -0.115. The van der Waals surface area contributed by atoms with E-state index in [1.165, 1.54) is 6.07 Å². The lowest BCUT2D eigenvalue weighted by atomic mass is 10.3. The second-order valence-corrected chi connectivity index (χ2v) is 7.68. The molecule has 1 aromatic rings. The van der Waals surface area contributed by atoms with Crippen LogP contribution in [0.2, 0.25) is 5.02 Å². The monoisotopic (exact) mass is 318 g/mol. The van der Waals surface area contributed by atoms with Gasteiger partial charge in [0, 0.05) is 12.1 Å². The molecule has 0 unspecified atom stereocenters. The largest absolute Gasteiger partial charge is 0.399 e. The van der Waals surface area contributed by atoms with Crippen LogP contribution in [0.4, 0.5) is 11.4 Å². The number of hydrogen-bond acceptors (Lipinski definition) is 4. The Morgan fingerprint density at radius 1 is 1.40 bits per heavy atom. The van der Waals surface area contributed by atoms with E-state index in [0.29, 0.717) is 16.4 Å². The third kappa shape index (κ3) is 5.79. The minimum Gasteiger partial charge on any atom is -0.399 e. The number of halogens is 1. The first kappa shape index (κ1) is 16.8. The minimum absolute atomic E-state index is 0.0506. The Bertz CT molecular complexity index is 585. The molecular formula is C13H19ClN2O3S. The summed E-state index contributed by atoms with van der Waals surface area (Å²) in [4.78, 5) is 11.7. The molecule has 112 valence electrons. The first-order chi connectivity index (χ1) is 9.19. The molecule has 0 aliphatic heterocycles. The van der Waals surface area contributed by atoms with Crippen LogP contribution < -0.4 is 11.1 Å². The third-order valence-electron chi connectivity index (χ3n) is 2.49. The molecule has 5 nitrogen and oxygen atoms in total. The van der Waals surface area contributed by atoms with Gasteiger partial charge in [0.1, 0.15) is 0 Å². The van der Waals surface area contributed by atoms with E-state index < -0.39 is 9.84 Å². The number of nitrogens with two attached hydrogens (primary N) is 1. The third-order valence-corrected chi connectivity index (χ3v) is 4.81. The van der Waals surface area contributed by atoms with E-state index in [2.05, 4.69) is 5.32 Å². The van der Waals surface area contributed by atoms with E-state index >= 15 is 0 Å². The molecule has 0 bridgehead atoms. The fourth-order valence-electron chi connectivity index (χ4n) is 1.68. The van der Waals surface area contributed by atoms with E-state index in [-0.39, 0.29) is 29.8 Å². The molecule has 3 N–H and O–H groups in total. The number of rotatable bonds is 6. The van der Waals surface area contributed by atoms with Crippen LogP contribution in [0.5, 0.6) is 0 Å². The second-order valence-electron chi connectivity index (χ2n) is 5.05. The van der Waals surface area contributed by atoms with Crippen LogP contribution >= 0.6 is 11.6 Å². The summed E-state index contributed by atoms with van der Waals surface area (Å²) in [5, 5.41) is 2.90. The van der Waals surface area contributed by atoms with Crippen molar-refractivity contribution >= 4 is 38.7 Å². The van der Waals surface area contributed by atoms with Gasteiger partial charge >= 0.3 is 0 Å². The Morgan fingerprint density at radius 3 is 2.60 bits per heavy atom. The maximum Gasteiger partial charge on any atom is 0.225 e. The first-order valence-electron chi connectivity index (χ1n) is 6.25. The molecule has 0 spiro atoms. The zero-order valence-electron chi connectivity index (χ0n) is 11.5. The van der Waals surface area contributed by atoms with Crippen LogP contribution in [-0.4, -0.2) is 25.8 Å². The number of amides is 1. The fraction of sp³-hybridized carbons (Fsp3) is 0.462. The minimum atomic E-state index is -3.20. The van der Waals surface area contributed by atoms with Crippen LogP contribution in [0.3, 0.4) is 0 Å². The summed E-state index contributed by atoms with van der Waals surface area (Å²) in [6.07, 6.45) is -0.0875. The smallest absolute Gasteiger partial charge is 0.225 e. The summed E-state index contributed by atoms with van der Waals surface area (Å²) >= 11 is 5.92. The quantitative estimate of drug-likeness (QED) is 0.788. The highest BCUT2D eigenvalue weighted by atomic mass is 35.5. The lowest BCUT2D eigenvalue weighted by Crippen LogP contribution is -2.21. The van der Waals surface area contributed by atoms with Crippen LogP contribution in [-0.2, 0) is 14.6 Å². The van der Waals surface area contributed by atoms with Crippen molar-refractivity contribution in [2.24, 2.45) is 5.92 Å². The van der Waals surface area contributed by atoms with E-state index in [0.717, 1.165) is 0 Å². The summed E-state index contributed by atoms with van der Waals surface area (Å²) < 4.78 is 23.4. The van der Waals surface area contributed by atoms with Crippen molar-refractivity contribution in [3.05, 3.63) is 23.2 Å². The van der Waals surface area contributed by atoms with E-state index in [1.54, 1.807) is 12.1 Å². The van der Waals surface area contributed by atoms with Crippen molar-refractivity contribution in [1.82, 2.24) is 0 Å². The summed E-state index contributed by atoms with van der Waals surface area (Å²) in [6, 6.07) is 4.71. The number of nitrogen functional groups attached to an aromatic ring is 1. The molecule has 0 atom stereocenters. The van der Waals surface area contributed by atoms with Crippen LogP contribution in [0.1, 0.15) is 20.3 Å². The van der Waals surface area contributed by atoms with Gasteiger partial charge in [-0.15, -0.1) is 0 Å². The van der Waals surface area contributed by atoms with Crippen molar-refractivity contribution in [3.63, 3.8) is 0 Å². The Labute approximate surface area is 124 Å².